The van der Waals surface area contributed by atoms with E-state index in [1.54, 1.807) is 13.8 Å². The lowest BCUT2D eigenvalue weighted by molar-refractivity contribution is 0.0795. The third-order valence-electron chi connectivity index (χ3n) is 2.75. The van der Waals surface area contributed by atoms with Crippen LogP contribution >= 0.6 is 15.9 Å². The average molecular weight is 330 g/mol. The van der Waals surface area contributed by atoms with Crippen molar-refractivity contribution in [3.8, 4) is 11.5 Å². The molecule has 0 spiro atoms. The Kier molecular flexibility index (Phi) is 4.71. The summed E-state index contributed by atoms with van der Waals surface area (Å²) in [7, 11) is 0. The monoisotopic (exact) mass is 329 g/mol. The van der Waals surface area contributed by atoms with Gasteiger partial charge >= 0.3 is 0 Å². The van der Waals surface area contributed by atoms with Crippen molar-refractivity contribution in [2.24, 2.45) is 0 Å². The summed E-state index contributed by atoms with van der Waals surface area (Å²) in [5.74, 6) is 1.57. The van der Waals surface area contributed by atoms with Gasteiger partial charge in [-0.15, -0.1) is 0 Å². The lowest BCUT2D eigenvalue weighted by Gasteiger charge is -2.18. The topological polar surface area (TPSA) is 50.7 Å². The van der Waals surface area contributed by atoms with Gasteiger partial charge in [-0.3, -0.25) is 0 Å². The molecule has 1 aromatic carbocycles. The summed E-state index contributed by atoms with van der Waals surface area (Å²) in [5.41, 5.74) is 0.392. The van der Waals surface area contributed by atoms with Crippen LogP contribution in [0.1, 0.15) is 25.8 Å². The molecule has 2 N–H and O–H groups in total. The van der Waals surface area contributed by atoms with Crippen molar-refractivity contribution in [3.63, 3.8) is 0 Å². The van der Waals surface area contributed by atoms with Crippen LogP contribution in [-0.4, -0.2) is 30.5 Å². The number of aliphatic hydroxyl groups is 1. The van der Waals surface area contributed by atoms with E-state index in [0.29, 0.717) is 26.3 Å². The average Bonchev–Trinajstić information content (AvgIpc) is 2.52. The highest BCUT2D eigenvalue weighted by Crippen LogP contribution is 2.38. The van der Waals surface area contributed by atoms with Crippen molar-refractivity contribution in [1.82, 2.24) is 5.32 Å². The predicted octanol–water partition coefficient (Wildman–Crippen LogP) is 2.47. The second-order valence-corrected chi connectivity index (χ2v) is 6.23. The zero-order valence-electron chi connectivity index (χ0n) is 11.3. The van der Waals surface area contributed by atoms with Crippen LogP contribution < -0.4 is 14.8 Å². The first kappa shape index (κ1) is 14.6. The minimum Gasteiger partial charge on any atom is -0.490 e. The molecular formula is C14H20BrNO3. The molecule has 1 aliphatic rings. The van der Waals surface area contributed by atoms with Gasteiger partial charge in [-0.2, -0.15) is 0 Å². The second-order valence-electron chi connectivity index (χ2n) is 5.37. The van der Waals surface area contributed by atoms with Crippen LogP contribution in [0.3, 0.4) is 0 Å². The van der Waals surface area contributed by atoms with Gasteiger partial charge in [0, 0.05) is 19.5 Å². The molecule has 0 saturated heterocycles. The van der Waals surface area contributed by atoms with E-state index in [1.807, 2.05) is 12.1 Å². The molecule has 0 amide bonds. The fourth-order valence-corrected chi connectivity index (χ4v) is 2.50. The maximum atomic E-state index is 9.66. The fourth-order valence-electron chi connectivity index (χ4n) is 1.90. The normalized spacial score (nSPS) is 15.2. The van der Waals surface area contributed by atoms with Crippen LogP contribution in [0.5, 0.6) is 11.5 Å². The summed E-state index contributed by atoms with van der Waals surface area (Å²) >= 11 is 3.52. The van der Waals surface area contributed by atoms with Gasteiger partial charge in [0.2, 0.25) is 0 Å². The van der Waals surface area contributed by atoms with Gasteiger partial charge < -0.3 is 19.9 Å². The highest BCUT2D eigenvalue weighted by Gasteiger charge is 2.16. The number of benzene rings is 1. The summed E-state index contributed by atoms with van der Waals surface area (Å²) in [6.07, 6.45) is 0.896. The van der Waals surface area contributed by atoms with Gasteiger partial charge in [-0.05, 0) is 47.5 Å². The first-order chi connectivity index (χ1) is 8.96. The Morgan fingerprint density at radius 1 is 1.32 bits per heavy atom. The molecule has 106 valence electrons. The number of nitrogens with one attached hydrogen (secondary N) is 1. The zero-order valence-corrected chi connectivity index (χ0v) is 12.9. The van der Waals surface area contributed by atoms with Gasteiger partial charge in [0.05, 0.1) is 23.3 Å². The number of hydrogen-bond acceptors (Lipinski definition) is 4. The van der Waals surface area contributed by atoms with Gasteiger partial charge in [-0.25, -0.2) is 0 Å². The molecule has 1 aliphatic heterocycles. The lowest BCUT2D eigenvalue weighted by atomic mass is 10.1. The Balaban J connectivity index is 2.06. The van der Waals surface area contributed by atoms with E-state index in [4.69, 9.17) is 9.47 Å². The molecule has 4 nitrogen and oxygen atoms in total. The molecular weight excluding hydrogens is 310 g/mol. The fraction of sp³-hybridized carbons (Fsp3) is 0.571. The molecule has 1 heterocycles. The first-order valence-corrected chi connectivity index (χ1v) is 7.26. The van der Waals surface area contributed by atoms with E-state index < -0.39 is 5.60 Å². The number of halogens is 1. The van der Waals surface area contributed by atoms with Crippen molar-refractivity contribution >= 4 is 15.9 Å². The molecule has 2 rings (SSSR count). The van der Waals surface area contributed by atoms with Crippen LogP contribution in [0, 0.1) is 0 Å². The van der Waals surface area contributed by atoms with Crippen LogP contribution in [-0.2, 0) is 6.54 Å². The third kappa shape index (κ3) is 4.37. The molecule has 0 fully saturated rings. The third-order valence-corrected chi connectivity index (χ3v) is 3.34. The Labute approximate surface area is 122 Å². The number of hydrogen-bond donors (Lipinski definition) is 2. The Bertz CT molecular complexity index is 443. The molecule has 0 aromatic heterocycles. The van der Waals surface area contributed by atoms with Gasteiger partial charge in [0.25, 0.3) is 0 Å². The summed E-state index contributed by atoms with van der Waals surface area (Å²) < 4.78 is 12.3. The molecule has 1 aromatic rings. The van der Waals surface area contributed by atoms with Crippen LogP contribution in [0.15, 0.2) is 16.6 Å². The predicted molar refractivity (Wildman–Crippen MR) is 77.8 cm³/mol. The van der Waals surface area contributed by atoms with E-state index >= 15 is 0 Å². The van der Waals surface area contributed by atoms with Crippen LogP contribution in [0.25, 0.3) is 0 Å². The molecule has 0 aliphatic carbocycles. The molecule has 0 atom stereocenters. The highest BCUT2D eigenvalue weighted by molar-refractivity contribution is 9.10. The quantitative estimate of drug-likeness (QED) is 0.891. The van der Waals surface area contributed by atoms with Crippen LogP contribution in [0.4, 0.5) is 0 Å². The van der Waals surface area contributed by atoms with Gasteiger partial charge in [0.15, 0.2) is 11.5 Å². The molecule has 5 heteroatoms. The largest absolute Gasteiger partial charge is 0.490 e. The Hall–Kier alpha value is -0.780. The minimum atomic E-state index is -0.706. The standard InChI is InChI=1S/C14H20BrNO3/c1-14(2,17)9-16-8-10-6-11(15)13-12(7-10)18-4-3-5-19-13/h6-7,16-17H,3-5,8-9H2,1-2H3. The van der Waals surface area contributed by atoms with E-state index in [0.717, 1.165) is 28.0 Å². The second kappa shape index (κ2) is 6.11. The van der Waals surface area contributed by atoms with Crippen molar-refractivity contribution in [3.05, 3.63) is 22.2 Å². The Morgan fingerprint density at radius 2 is 2.05 bits per heavy atom. The maximum Gasteiger partial charge on any atom is 0.175 e. The summed E-state index contributed by atoms with van der Waals surface area (Å²) in [6, 6.07) is 4.01. The van der Waals surface area contributed by atoms with E-state index in [-0.39, 0.29) is 0 Å². The van der Waals surface area contributed by atoms with Crippen molar-refractivity contribution in [2.75, 3.05) is 19.8 Å². The first-order valence-electron chi connectivity index (χ1n) is 6.47. The minimum absolute atomic E-state index is 0.541. The molecule has 0 saturated carbocycles. The summed E-state index contributed by atoms with van der Waals surface area (Å²) in [4.78, 5) is 0. The molecule has 0 unspecified atom stereocenters. The van der Waals surface area contributed by atoms with Gasteiger partial charge in [-0.1, -0.05) is 0 Å². The van der Waals surface area contributed by atoms with E-state index in [2.05, 4.69) is 21.2 Å². The maximum absolute atomic E-state index is 9.66. The molecule has 0 radical (unpaired) electrons. The highest BCUT2D eigenvalue weighted by atomic mass is 79.9. The van der Waals surface area contributed by atoms with Crippen molar-refractivity contribution < 1.29 is 14.6 Å². The Morgan fingerprint density at radius 3 is 2.79 bits per heavy atom. The van der Waals surface area contributed by atoms with E-state index in [9.17, 15) is 5.11 Å². The lowest BCUT2D eigenvalue weighted by Crippen LogP contribution is -2.34. The number of ether oxygens (including phenoxy) is 2. The van der Waals surface area contributed by atoms with Crippen LogP contribution in [0.2, 0.25) is 0 Å². The van der Waals surface area contributed by atoms with E-state index in [1.165, 1.54) is 0 Å². The van der Waals surface area contributed by atoms with Gasteiger partial charge in [0.1, 0.15) is 0 Å². The molecule has 19 heavy (non-hydrogen) atoms. The number of rotatable bonds is 4. The van der Waals surface area contributed by atoms with Crippen molar-refractivity contribution in [2.45, 2.75) is 32.4 Å². The summed E-state index contributed by atoms with van der Waals surface area (Å²) in [6.45, 7) is 6.15. The number of fused-ring (bicyclic) bond motifs is 1. The smallest absolute Gasteiger partial charge is 0.175 e. The molecule has 0 bridgehead atoms. The SMILES string of the molecule is CC(C)(O)CNCc1cc(Br)c2c(c1)OCCCO2. The zero-order chi connectivity index (χ0) is 13.9. The summed E-state index contributed by atoms with van der Waals surface area (Å²) in [5, 5.41) is 12.9. The van der Waals surface area contributed by atoms with Crippen molar-refractivity contribution in [1.29, 1.82) is 0 Å².